The molecule has 0 amide bonds. The van der Waals surface area contributed by atoms with Crippen LogP contribution in [-0.4, -0.2) is 25.7 Å². The minimum Gasteiger partial charge on any atom is -0.366 e. The summed E-state index contributed by atoms with van der Waals surface area (Å²) in [6.45, 7) is 7.65. The van der Waals surface area contributed by atoms with E-state index in [1.54, 1.807) is 0 Å². The number of halogens is 1. The van der Waals surface area contributed by atoms with Crippen molar-refractivity contribution < 1.29 is 0 Å². The summed E-state index contributed by atoms with van der Waals surface area (Å²) in [5.74, 6) is 0. The second-order valence-electron chi connectivity index (χ2n) is 4.23. The Hall–Kier alpha value is -0.540. The minimum atomic E-state index is 0.576. The first-order chi connectivity index (χ1) is 7.16. The number of nitrogens with zero attached hydrogens (tertiary/aromatic N) is 1. The summed E-state index contributed by atoms with van der Waals surface area (Å²) in [6.07, 6.45) is 0. The molecule has 2 rings (SSSR count). The van der Waals surface area contributed by atoms with E-state index >= 15 is 0 Å². The van der Waals surface area contributed by atoms with Crippen LogP contribution in [0.2, 0.25) is 0 Å². The maximum absolute atomic E-state index is 3.56. The monoisotopic (exact) mass is 268 g/mol. The van der Waals surface area contributed by atoms with Gasteiger partial charge in [-0.25, -0.2) is 0 Å². The Kier molecular flexibility index (Phi) is 3.32. The lowest BCUT2D eigenvalue weighted by molar-refractivity contribution is 0.501. The van der Waals surface area contributed by atoms with Gasteiger partial charge in [0.1, 0.15) is 0 Å². The van der Waals surface area contributed by atoms with Crippen molar-refractivity contribution in [3.63, 3.8) is 0 Å². The molecule has 0 saturated carbocycles. The number of aryl methyl sites for hydroxylation is 1. The van der Waals surface area contributed by atoms with Crippen molar-refractivity contribution in [2.24, 2.45) is 0 Å². The van der Waals surface area contributed by atoms with E-state index in [2.05, 4.69) is 58.2 Å². The van der Waals surface area contributed by atoms with Crippen molar-refractivity contribution in [1.29, 1.82) is 0 Å². The molecule has 15 heavy (non-hydrogen) atoms. The van der Waals surface area contributed by atoms with Crippen molar-refractivity contribution >= 4 is 21.6 Å². The van der Waals surface area contributed by atoms with Crippen molar-refractivity contribution in [3.05, 3.63) is 28.2 Å². The normalized spacial score (nSPS) is 21.8. The molecule has 0 bridgehead atoms. The highest BCUT2D eigenvalue weighted by Crippen LogP contribution is 2.24. The van der Waals surface area contributed by atoms with Gasteiger partial charge in [-0.2, -0.15) is 0 Å². The molecule has 82 valence electrons. The van der Waals surface area contributed by atoms with Gasteiger partial charge in [0.25, 0.3) is 0 Å². The molecule has 3 heteroatoms. The van der Waals surface area contributed by atoms with E-state index in [-0.39, 0.29) is 0 Å². The number of nitrogens with one attached hydrogen (secondary N) is 1. The number of piperazine rings is 1. The van der Waals surface area contributed by atoms with Crippen molar-refractivity contribution in [1.82, 2.24) is 5.32 Å². The van der Waals surface area contributed by atoms with Crippen LogP contribution in [0.3, 0.4) is 0 Å². The molecule has 1 heterocycles. The van der Waals surface area contributed by atoms with Crippen LogP contribution in [0.15, 0.2) is 22.7 Å². The first-order valence-corrected chi connectivity index (χ1v) is 6.20. The molecule has 0 spiro atoms. The summed E-state index contributed by atoms with van der Waals surface area (Å²) in [5.41, 5.74) is 2.64. The Morgan fingerprint density at radius 2 is 2.20 bits per heavy atom. The Balaban J connectivity index is 2.27. The van der Waals surface area contributed by atoms with Crippen LogP contribution in [0, 0.1) is 6.92 Å². The molecule has 0 radical (unpaired) electrons. The predicted molar refractivity (Wildman–Crippen MR) is 68.6 cm³/mol. The molecule has 1 unspecified atom stereocenters. The Bertz CT molecular complexity index is 331. The van der Waals surface area contributed by atoms with Gasteiger partial charge in [0.2, 0.25) is 0 Å². The minimum absolute atomic E-state index is 0.576. The molecular formula is C12H17BrN2. The quantitative estimate of drug-likeness (QED) is 0.843. The Morgan fingerprint density at radius 1 is 1.40 bits per heavy atom. The van der Waals surface area contributed by atoms with Crippen LogP contribution in [-0.2, 0) is 0 Å². The lowest BCUT2D eigenvalue weighted by Crippen LogP contribution is -2.49. The lowest BCUT2D eigenvalue weighted by atomic mass is 10.1. The van der Waals surface area contributed by atoms with Crippen LogP contribution in [0.4, 0.5) is 5.69 Å². The summed E-state index contributed by atoms with van der Waals surface area (Å²) in [7, 11) is 0. The molecule has 0 aromatic heterocycles. The van der Waals surface area contributed by atoms with Gasteiger partial charge in [0.15, 0.2) is 0 Å². The first-order valence-electron chi connectivity index (χ1n) is 5.41. The SMILES string of the molecule is Cc1cc(Br)cc(N2CCNCC2C)c1. The molecule has 2 nitrogen and oxygen atoms in total. The van der Waals surface area contributed by atoms with Gasteiger partial charge >= 0.3 is 0 Å². The maximum Gasteiger partial charge on any atom is 0.0386 e. The fourth-order valence-electron chi connectivity index (χ4n) is 2.11. The number of benzene rings is 1. The predicted octanol–water partition coefficient (Wildman–Crippen LogP) is 2.56. The zero-order valence-electron chi connectivity index (χ0n) is 9.26. The molecule has 1 aliphatic rings. The standard InChI is InChI=1S/C12H17BrN2/c1-9-5-11(13)7-12(6-9)15-4-3-14-8-10(15)2/h5-7,10,14H,3-4,8H2,1-2H3. The third kappa shape index (κ3) is 2.52. The smallest absolute Gasteiger partial charge is 0.0386 e. The average Bonchev–Trinajstić information content (AvgIpc) is 2.16. The highest BCUT2D eigenvalue weighted by molar-refractivity contribution is 9.10. The van der Waals surface area contributed by atoms with E-state index in [9.17, 15) is 0 Å². The van der Waals surface area contributed by atoms with Gasteiger partial charge in [-0.05, 0) is 37.6 Å². The molecule has 1 aromatic rings. The molecule has 1 fully saturated rings. The van der Waals surface area contributed by atoms with Crippen LogP contribution in [0.5, 0.6) is 0 Å². The molecule has 1 aliphatic heterocycles. The van der Waals surface area contributed by atoms with Gasteiger partial charge < -0.3 is 10.2 Å². The molecule has 1 atom stereocenters. The van der Waals surface area contributed by atoms with Gasteiger partial charge in [-0.15, -0.1) is 0 Å². The van der Waals surface area contributed by atoms with E-state index in [0.29, 0.717) is 6.04 Å². The molecule has 1 N–H and O–H groups in total. The second-order valence-corrected chi connectivity index (χ2v) is 5.15. The van der Waals surface area contributed by atoms with Crippen LogP contribution < -0.4 is 10.2 Å². The van der Waals surface area contributed by atoms with E-state index in [4.69, 9.17) is 0 Å². The summed E-state index contributed by atoms with van der Waals surface area (Å²) >= 11 is 3.56. The largest absolute Gasteiger partial charge is 0.366 e. The Labute approximate surface area is 99.8 Å². The van der Waals surface area contributed by atoms with Crippen molar-refractivity contribution in [2.75, 3.05) is 24.5 Å². The highest BCUT2D eigenvalue weighted by Gasteiger charge is 2.18. The van der Waals surface area contributed by atoms with E-state index in [0.717, 1.165) is 19.6 Å². The molecule has 0 aliphatic carbocycles. The van der Waals surface area contributed by atoms with Crippen molar-refractivity contribution in [3.8, 4) is 0 Å². The van der Waals surface area contributed by atoms with Crippen LogP contribution >= 0.6 is 15.9 Å². The fourth-order valence-corrected chi connectivity index (χ4v) is 2.70. The molecular weight excluding hydrogens is 252 g/mol. The number of rotatable bonds is 1. The topological polar surface area (TPSA) is 15.3 Å². The maximum atomic E-state index is 3.56. The summed E-state index contributed by atoms with van der Waals surface area (Å²) in [4.78, 5) is 2.47. The molecule has 1 saturated heterocycles. The molecule has 1 aromatic carbocycles. The number of anilines is 1. The third-order valence-electron chi connectivity index (χ3n) is 2.86. The summed E-state index contributed by atoms with van der Waals surface area (Å²) in [6, 6.07) is 7.19. The van der Waals surface area contributed by atoms with Crippen molar-refractivity contribution in [2.45, 2.75) is 19.9 Å². The van der Waals surface area contributed by atoms with Gasteiger partial charge in [-0.3, -0.25) is 0 Å². The third-order valence-corrected chi connectivity index (χ3v) is 3.32. The van der Waals surface area contributed by atoms with E-state index in [1.807, 2.05) is 0 Å². The highest BCUT2D eigenvalue weighted by atomic mass is 79.9. The summed E-state index contributed by atoms with van der Waals surface area (Å²) < 4.78 is 1.17. The number of hydrogen-bond donors (Lipinski definition) is 1. The lowest BCUT2D eigenvalue weighted by Gasteiger charge is -2.36. The van der Waals surface area contributed by atoms with Gasteiger partial charge in [0, 0.05) is 35.8 Å². The zero-order chi connectivity index (χ0) is 10.8. The zero-order valence-corrected chi connectivity index (χ0v) is 10.8. The van der Waals surface area contributed by atoms with Gasteiger partial charge in [-0.1, -0.05) is 15.9 Å². The van der Waals surface area contributed by atoms with Crippen LogP contribution in [0.25, 0.3) is 0 Å². The van der Waals surface area contributed by atoms with Crippen LogP contribution in [0.1, 0.15) is 12.5 Å². The average molecular weight is 269 g/mol. The van der Waals surface area contributed by atoms with Gasteiger partial charge in [0.05, 0.1) is 0 Å². The van der Waals surface area contributed by atoms with E-state index in [1.165, 1.54) is 15.7 Å². The fraction of sp³-hybridized carbons (Fsp3) is 0.500. The van der Waals surface area contributed by atoms with E-state index < -0.39 is 0 Å². The second kappa shape index (κ2) is 4.54. The number of hydrogen-bond acceptors (Lipinski definition) is 2. The summed E-state index contributed by atoms with van der Waals surface area (Å²) in [5, 5.41) is 3.41. The first kappa shape index (κ1) is 11.0. The Morgan fingerprint density at radius 3 is 2.87 bits per heavy atom.